The van der Waals surface area contributed by atoms with Crippen LogP contribution < -0.4 is 15.2 Å². The van der Waals surface area contributed by atoms with E-state index < -0.39 is 6.10 Å². The molecule has 0 bridgehead atoms. The summed E-state index contributed by atoms with van der Waals surface area (Å²) >= 11 is 0. The molecule has 2 saturated heterocycles. The highest BCUT2D eigenvalue weighted by molar-refractivity contribution is 6.03. The van der Waals surface area contributed by atoms with E-state index in [2.05, 4.69) is 33.3 Å². The van der Waals surface area contributed by atoms with Crippen LogP contribution in [0, 0.1) is 17.8 Å². The molecule has 1 amide bonds. The molecule has 0 aliphatic carbocycles. The number of rotatable bonds is 5. The monoisotopic (exact) mass is 516 g/mol. The van der Waals surface area contributed by atoms with Gasteiger partial charge in [0.15, 0.2) is 11.5 Å². The number of fused-ring (bicyclic) bond motifs is 1. The summed E-state index contributed by atoms with van der Waals surface area (Å²) in [6.45, 7) is 6.02. The van der Waals surface area contributed by atoms with Crippen molar-refractivity contribution in [2.45, 2.75) is 18.6 Å². The standard InChI is InChI=1S/C28H32N6O4/c1-5-24(36)33-11-10-19(21(35)15-33)34-13-17(14-34)6-8-20-25(18-7-9-22(37-3)23(12-18)38-4)26-27(29)30-16-31-28(26)32(20)2/h5,7,9,12,16-17,19,21,35H,1,10-11,13-15H2,2-4H3,(H2,29,30,31)/t19-,21+/m1/s1. The molecule has 10 nitrogen and oxygen atoms in total. The van der Waals surface area contributed by atoms with Gasteiger partial charge >= 0.3 is 0 Å². The van der Waals surface area contributed by atoms with Gasteiger partial charge in [-0.3, -0.25) is 9.69 Å². The number of likely N-dealkylation sites (tertiary alicyclic amines) is 2. The lowest BCUT2D eigenvalue weighted by molar-refractivity contribution is -0.132. The van der Waals surface area contributed by atoms with E-state index >= 15 is 0 Å². The van der Waals surface area contributed by atoms with E-state index in [9.17, 15) is 9.90 Å². The third kappa shape index (κ3) is 4.44. The molecule has 2 aliphatic rings. The summed E-state index contributed by atoms with van der Waals surface area (Å²) in [5, 5.41) is 11.4. The van der Waals surface area contributed by atoms with Crippen molar-refractivity contribution >= 4 is 22.8 Å². The van der Waals surface area contributed by atoms with Crippen LogP contribution in [0.3, 0.4) is 0 Å². The van der Waals surface area contributed by atoms with Crippen molar-refractivity contribution in [2.24, 2.45) is 13.0 Å². The van der Waals surface area contributed by atoms with Crippen LogP contribution in [0.2, 0.25) is 0 Å². The molecule has 10 heteroatoms. The number of aliphatic hydroxyl groups is 1. The van der Waals surface area contributed by atoms with Crippen LogP contribution in [0.25, 0.3) is 22.2 Å². The van der Waals surface area contributed by atoms with Crippen LogP contribution in [0.5, 0.6) is 11.5 Å². The molecular weight excluding hydrogens is 484 g/mol. The number of β-amino-alcohol motifs (C(OH)–C–C–N with tert-alkyl or cyclic N) is 1. The van der Waals surface area contributed by atoms with Crippen LogP contribution >= 0.6 is 0 Å². The van der Waals surface area contributed by atoms with Gasteiger partial charge in [0.25, 0.3) is 0 Å². The topological polar surface area (TPSA) is 119 Å². The zero-order valence-corrected chi connectivity index (χ0v) is 21.8. The number of aryl methyl sites for hydroxylation is 1. The molecule has 2 aliphatic heterocycles. The Morgan fingerprint density at radius 1 is 1.21 bits per heavy atom. The van der Waals surface area contributed by atoms with Gasteiger partial charge in [-0.2, -0.15) is 0 Å². The number of benzene rings is 1. The zero-order valence-electron chi connectivity index (χ0n) is 21.8. The van der Waals surface area contributed by atoms with Gasteiger partial charge in [-0.1, -0.05) is 18.6 Å². The molecular formula is C28H32N6O4. The Bertz CT molecular complexity index is 1450. The molecule has 2 fully saturated rings. The predicted molar refractivity (Wildman–Crippen MR) is 145 cm³/mol. The predicted octanol–water partition coefficient (Wildman–Crippen LogP) is 1.67. The highest BCUT2D eigenvalue weighted by Crippen LogP contribution is 2.39. The van der Waals surface area contributed by atoms with Crippen molar-refractivity contribution in [3.05, 3.63) is 42.9 Å². The lowest BCUT2D eigenvalue weighted by Crippen LogP contribution is -2.61. The first-order valence-corrected chi connectivity index (χ1v) is 12.5. The number of nitrogens with two attached hydrogens (primary N) is 1. The fourth-order valence-corrected chi connectivity index (χ4v) is 5.41. The Morgan fingerprint density at radius 2 is 1.97 bits per heavy atom. The number of ether oxygens (including phenoxy) is 2. The first-order valence-electron chi connectivity index (χ1n) is 12.5. The fourth-order valence-electron chi connectivity index (χ4n) is 5.41. The smallest absolute Gasteiger partial charge is 0.246 e. The number of hydrogen-bond donors (Lipinski definition) is 2. The van der Waals surface area contributed by atoms with Crippen LogP contribution in [-0.2, 0) is 11.8 Å². The van der Waals surface area contributed by atoms with E-state index in [1.165, 1.54) is 12.4 Å². The minimum absolute atomic E-state index is 0.0249. The number of anilines is 1. The number of nitrogens with zero attached hydrogens (tertiary/aromatic N) is 5. The van der Waals surface area contributed by atoms with Gasteiger partial charge in [0.1, 0.15) is 23.5 Å². The Morgan fingerprint density at radius 3 is 2.66 bits per heavy atom. The molecule has 1 aromatic carbocycles. The van der Waals surface area contributed by atoms with Gasteiger partial charge in [0, 0.05) is 50.7 Å². The summed E-state index contributed by atoms with van der Waals surface area (Å²) in [5.41, 5.74) is 9.53. The lowest BCUT2D eigenvalue weighted by atomic mass is 9.91. The minimum atomic E-state index is -0.585. The average molecular weight is 517 g/mol. The molecule has 3 N–H and O–H groups in total. The zero-order chi connectivity index (χ0) is 27.0. The number of methoxy groups -OCH3 is 2. The Hall–Kier alpha value is -4.07. The quantitative estimate of drug-likeness (QED) is 0.388. The van der Waals surface area contributed by atoms with Crippen molar-refractivity contribution in [1.82, 2.24) is 24.3 Å². The van der Waals surface area contributed by atoms with Crippen LogP contribution in [0.4, 0.5) is 5.82 Å². The van der Waals surface area contributed by atoms with Crippen molar-refractivity contribution in [1.29, 1.82) is 0 Å². The largest absolute Gasteiger partial charge is 0.493 e. The molecule has 2 aromatic heterocycles. The van der Waals surface area contributed by atoms with Crippen molar-refractivity contribution < 1.29 is 19.4 Å². The molecule has 2 atom stereocenters. The van der Waals surface area contributed by atoms with E-state index in [0.717, 1.165) is 41.7 Å². The summed E-state index contributed by atoms with van der Waals surface area (Å²) < 4.78 is 12.9. The van der Waals surface area contributed by atoms with Gasteiger partial charge in [0.2, 0.25) is 5.91 Å². The number of hydrogen-bond acceptors (Lipinski definition) is 8. The number of nitrogen functional groups attached to an aromatic ring is 1. The van der Waals surface area contributed by atoms with Gasteiger partial charge < -0.3 is 29.8 Å². The maximum Gasteiger partial charge on any atom is 0.246 e. The van der Waals surface area contributed by atoms with Crippen LogP contribution in [0.15, 0.2) is 37.2 Å². The molecule has 0 spiro atoms. The molecule has 0 saturated carbocycles. The van der Waals surface area contributed by atoms with Crippen LogP contribution in [-0.4, -0.2) is 87.9 Å². The average Bonchev–Trinajstić information content (AvgIpc) is 3.20. The maximum atomic E-state index is 11.9. The van der Waals surface area contributed by atoms with Crippen molar-refractivity contribution in [2.75, 3.05) is 46.1 Å². The third-order valence-electron chi connectivity index (χ3n) is 7.47. The second-order valence-corrected chi connectivity index (χ2v) is 9.64. The summed E-state index contributed by atoms with van der Waals surface area (Å²) in [4.78, 5) is 24.5. The molecule has 5 rings (SSSR count). The second kappa shape index (κ2) is 10.4. The van der Waals surface area contributed by atoms with E-state index in [1.54, 1.807) is 19.1 Å². The summed E-state index contributed by atoms with van der Waals surface area (Å²) in [5.74, 6) is 8.45. The van der Waals surface area contributed by atoms with Crippen LogP contribution in [0.1, 0.15) is 12.1 Å². The molecule has 38 heavy (non-hydrogen) atoms. The number of aromatic nitrogens is 3. The summed E-state index contributed by atoms with van der Waals surface area (Å²) in [6, 6.07) is 5.73. The van der Waals surface area contributed by atoms with E-state index in [4.69, 9.17) is 15.2 Å². The summed E-state index contributed by atoms with van der Waals surface area (Å²) in [7, 11) is 5.12. The highest BCUT2D eigenvalue weighted by atomic mass is 16.5. The van der Waals surface area contributed by atoms with Crippen molar-refractivity contribution in [3.8, 4) is 34.5 Å². The number of piperidine rings is 1. The number of aliphatic hydroxyl groups excluding tert-OH is 1. The van der Waals surface area contributed by atoms with Gasteiger partial charge in [0.05, 0.1) is 25.7 Å². The fraction of sp³-hybridized carbons (Fsp3) is 0.393. The SMILES string of the molecule is C=CC(=O)N1CC[C@@H](N2CC(C#Cc3c(-c4ccc(OC)c(OC)c4)c4c(N)ncnc4n3C)C2)[C@@H](O)C1. The Kier molecular flexibility index (Phi) is 6.97. The molecule has 0 radical (unpaired) electrons. The lowest BCUT2D eigenvalue weighted by Gasteiger charge is -2.47. The normalized spacial score (nSPS) is 19.9. The van der Waals surface area contributed by atoms with Gasteiger partial charge in [-0.05, 0) is 36.1 Å². The molecule has 198 valence electrons. The first-order chi connectivity index (χ1) is 18.4. The summed E-state index contributed by atoms with van der Waals surface area (Å²) in [6.07, 6.45) is 2.89. The maximum absolute atomic E-state index is 11.9. The minimum Gasteiger partial charge on any atom is -0.493 e. The molecule has 4 heterocycles. The molecule has 0 unspecified atom stereocenters. The van der Waals surface area contributed by atoms with Gasteiger partial charge in [-0.25, -0.2) is 9.97 Å². The Balaban J connectivity index is 1.41. The van der Waals surface area contributed by atoms with E-state index in [1.807, 2.05) is 29.8 Å². The number of amides is 1. The first kappa shape index (κ1) is 25.6. The number of carbonyl (C=O) groups excluding carboxylic acids is 1. The van der Waals surface area contributed by atoms with Crippen molar-refractivity contribution in [3.63, 3.8) is 0 Å². The Labute approximate surface area is 221 Å². The number of carbonyl (C=O) groups is 1. The third-order valence-corrected chi connectivity index (χ3v) is 7.47. The van der Waals surface area contributed by atoms with Gasteiger partial charge in [-0.15, -0.1) is 0 Å². The highest BCUT2D eigenvalue weighted by Gasteiger charge is 2.38. The second-order valence-electron chi connectivity index (χ2n) is 9.64. The molecule has 3 aromatic rings. The van der Waals surface area contributed by atoms with E-state index in [0.29, 0.717) is 36.1 Å². The van der Waals surface area contributed by atoms with E-state index in [-0.39, 0.29) is 17.9 Å².